The number of nitrogens with zero attached hydrogens (tertiary/aromatic N) is 2. The lowest BCUT2D eigenvalue weighted by Crippen LogP contribution is -2.36. The number of aliphatic hydroxyl groups is 1. The normalized spacial score (nSPS) is 17.7. The monoisotopic (exact) mass is 233 g/mol. The van der Waals surface area contributed by atoms with Gasteiger partial charge in [-0.1, -0.05) is 30.0 Å². The summed E-state index contributed by atoms with van der Waals surface area (Å²) in [5.74, 6) is 0. The van der Waals surface area contributed by atoms with Crippen LogP contribution in [0.3, 0.4) is 0 Å². The Morgan fingerprint density at radius 2 is 2.50 bits per heavy atom. The van der Waals surface area contributed by atoms with E-state index in [0.717, 1.165) is 4.34 Å². The number of thioether (sulfide) groups is 1. The number of hydrogen-bond donors (Lipinski definition) is 2. The minimum Gasteiger partial charge on any atom is -0.389 e. The molecule has 0 bridgehead atoms. The highest BCUT2D eigenvalue weighted by Gasteiger charge is 2.22. The first-order chi connectivity index (χ1) is 6.53. The van der Waals surface area contributed by atoms with E-state index in [1.54, 1.807) is 24.2 Å². The second kappa shape index (κ2) is 5.06. The van der Waals surface area contributed by atoms with Crippen LogP contribution in [-0.2, 0) is 0 Å². The molecule has 6 heteroatoms. The van der Waals surface area contributed by atoms with E-state index in [1.165, 1.54) is 11.3 Å². The number of nitrogens with two attached hydrogens (primary N) is 1. The molecule has 4 nitrogen and oxygen atoms in total. The van der Waals surface area contributed by atoms with E-state index < -0.39 is 5.60 Å². The van der Waals surface area contributed by atoms with Gasteiger partial charge in [-0.2, -0.15) is 0 Å². The highest BCUT2D eigenvalue weighted by Crippen LogP contribution is 2.28. The van der Waals surface area contributed by atoms with Crippen molar-refractivity contribution in [3.8, 4) is 0 Å². The predicted octanol–water partition coefficient (Wildman–Crippen LogP) is 1.12. The Balaban J connectivity index is 2.40. The van der Waals surface area contributed by atoms with E-state index in [1.807, 2.05) is 0 Å². The molecule has 0 aliphatic rings. The molecule has 0 spiro atoms. The zero-order valence-corrected chi connectivity index (χ0v) is 9.94. The van der Waals surface area contributed by atoms with Gasteiger partial charge in [-0.05, 0) is 13.3 Å². The van der Waals surface area contributed by atoms with Crippen molar-refractivity contribution in [1.29, 1.82) is 0 Å². The average molecular weight is 233 g/mol. The molecule has 1 rings (SSSR count). The van der Waals surface area contributed by atoms with Crippen LogP contribution >= 0.6 is 23.1 Å². The number of rotatable bonds is 5. The molecule has 0 amide bonds. The molecule has 0 fully saturated rings. The Kier molecular flexibility index (Phi) is 4.31. The molecule has 2 atom stereocenters. The summed E-state index contributed by atoms with van der Waals surface area (Å²) < 4.78 is 0.935. The van der Waals surface area contributed by atoms with Crippen molar-refractivity contribution in [2.24, 2.45) is 5.73 Å². The Labute approximate surface area is 91.9 Å². The molecule has 0 aliphatic heterocycles. The lowest BCUT2D eigenvalue weighted by Gasteiger charge is -2.23. The Bertz CT molecular complexity index is 264. The molecular weight excluding hydrogens is 218 g/mol. The van der Waals surface area contributed by atoms with Crippen molar-refractivity contribution in [2.45, 2.75) is 35.5 Å². The summed E-state index contributed by atoms with van der Waals surface area (Å²) in [6.07, 6.45) is 0.660. The Morgan fingerprint density at radius 1 is 1.79 bits per heavy atom. The molecule has 1 heterocycles. The van der Waals surface area contributed by atoms with Crippen molar-refractivity contribution < 1.29 is 5.11 Å². The molecule has 14 heavy (non-hydrogen) atoms. The van der Waals surface area contributed by atoms with E-state index in [0.29, 0.717) is 11.7 Å². The topological polar surface area (TPSA) is 72.0 Å². The van der Waals surface area contributed by atoms with Crippen LogP contribution in [0, 0.1) is 0 Å². The predicted molar refractivity (Wildman–Crippen MR) is 59.5 cm³/mol. The van der Waals surface area contributed by atoms with Gasteiger partial charge >= 0.3 is 0 Å². The zero-order chi connectivity index (χ0) is 10.6. The zero-order valence-electron chi connectivity index (χ0n) is 8.30. The first-order valence-electron chi connectivity index (χ1n) is 4.39. The number of hydrogen-bond acceptors (Lipinski definition) is 6. The first kappa shape index (κ1) is 11.9. The molecule has 80 valence electrons. The van der Waals surface area contributed by atoms with Crippen LogP contribution in [0.2, 0.25) is 0 Å². The SMILES string of the molecule is CC(CC(C)(O)CN)Sc1nncs1. The first-order valence-corrected chi connectivity index (χ1v) is 6.15. The average Bonchev–Trinajstić information content (AvgIpc) is 2.55. The third-order valence-corrected chi connectivity index (χ3v) is 3.72. The maximum atomic E-state index is 9.75. The van der Waals surface area contributed by atoms with Gasteiger partial charge in [-0.15, -0.1) is 10.2 Å². The van der Waals surface area contributed by atoms with E-state index in [-0.39, 0.29) is 6.54 Å². The Hall–Kier alpha value is -0.170. The lowest BCUT2D eigenvalue weighted by molar-refractivity contribution is 0.0608. The summed E-state index contributed by atoms with van der Waals surface area (Å²) in [5, 5.41) is 17.7. The molecule has 3 N–H and O–H groups in total. The number of aromatic nitrogens is 2. The van der Waals surface area contributed by atoms with Crippen molar-refractivity contribution >= 4 is 23.1 Å². The fourth-order valence-corrected chi connectivity index (χ4v) is 3.13. The standard InChI is InChI=1S/C8H15N3OS2/c1-6(3-8(2,12)4-9)14-7-11-10-5-13-7/h5-6,12H,3-4,9H2,1-2H3. The maximum absolute atomic E-state index is 9.75. The molecule has 0 radical (unpaired) electrons. The van der Waals surface area contributed by atoms with Crippen LogP contribution in [0.5, 0.6) is 0 Å². The van der Waals surface area contributed by atoms with Crippen molar-refractivity contribution in [1.82, 2.24) is 10.2 Å². The summed E-state index contributed by atoms with van der Waals surface area (Å²) in [7, 11) is 0. The summed E-state index contributed by atoms with van der Waals surface area (Å²) in [6, 6.07) is 0. The molecule has 0 saturated heterocycles. The molecule has 0 saturated carbocycles. The van der Waals surface area contributed by atoms with Crippen LogP contribution in [0.4, 0.5) is 0 Å². The van der Waals surface area contributed by atoms with Gasteiger partial charge in [-0.25, -0.2) is 0 Å². The Morgan fingerprint density at radius 3 is 3.00 bits per heavy atom. The van der Waals surface area contributed by atoms with E-state index >= 15 is 0 Å². The highest BCUT2D eigenvalue weighted by atomic mass is 32.2. The van der Waals surface area contributed by atoms with Crippen LogP contribution in [0.25, 0.3) is 0 Å². The van der Waals surface area contributed by atoms with Gasteiger partial charge in [0.15, 0.2) is 4.34 Å². The largest absolute Gasteiger partial charge is 0.389 e. The van der Waals surface area contributed by atoms with E-state index in [2.05, 4.69) is 17.1 Å². The van der Waals surface area contributed by atoms with Crippen molar-refractivity contribution in [3.63, 3.8) is 0 Å². The highest BCUT2D eigenvalue weighted by molar-refractivity contribution is 8.01. The van der Waals surface area contributed by atoms with Gasteiger partial charge in [0.05, 0.1) is 5.60 Å². The van der Waals surface area contributed by atoms with Crippen LogP contribution in [0.15, 0.2) is 9.85 Å². The van der Waals surface area contributed by atoms with Gasteiger partial charge in [0, 0.05) is 11.8 Å². The van der Waals surface area contributed by atoms with Gasteiger partial charge < -0.3 is 10.8 Å². The molecular formula is C8H15N3OS2. The van der Waals surface area contributed by atoms with Crippen LogP contribution in [-0.4, -0.2) is 32.7 Å². The second-order valence-electron chi connectivity index (χ2n) is 3.54. The summed E-state index contributed by atoms with van der Waals surface area (Å²) in [5.41, 5.74) is 6.37. The van der Waals surface area contributed by atoms with Crippen LogP contribution < -0.4 is 5.73 Å². The summed E-state index contributed by atoms with van der Waals surface area (Å²) in [6.45, 7) is 4.09. The van der Waals surface area contributed by atoms with Crippen molar-refractivity contribution in [3.05, 3.63) is 5.51 Å². The summed E-state index contributed by atoms with van der Waals surface area (Å²) in [4.78, 5) is 0. The smallest absolute Gasteiger partial charge is 0.174 e. The third-order valence-electron chi connectivity index (χ3n) is 1.81. The third kappa shape index (κ3) is 3.91. The molecule has 0 aromatic carbocycles. The fraction of sp³-hybridized carbons (Fsp3) is 0.750. The van der Waals surface area contributed by atoms with E-state index in [4.69, 9.17) is 5.73 Å². The quantitative estimate of drug-likeness (QED) is 0.746. The maximum Gasteiger partial charge on any atom is 0.174 e. The van der Waals surface area contributed by atoms with Gasteiger partial charge in [0.1, 0.15) is 5.51 Å². The van der Waals surface area contributed by atoms with Crippen LogP contribution in [0.1, 0.15) is 20.3 Å². The molecule has 0 aliphatic carbocycles. The molecule has 1 aromatic heterocycles. The molecule has 1 aromatic rings. The summed E-state index contributed by atoms with van der Waals surface area (Å²) >= 11 is 3.13. The molecule has 2 unspecified atom stereocenters. The van der Waals surface area contributed by atoms with E-state index in [9.17, 15) is 5.11 Å². The van der Waals surface area contributed by atoms with Crippen molar-refractivity contribution in [2.75, 3.05) is 6.54 Å². The van der Waals surface area contributed by atoms with Gasteiger partial charge in [0.25, 0.3) is 0 Å². The van der Waals surface area contributed by atoms with Gasteiger partial charge in [-0.3, -0.25) is 0 Å². The lowest BCUT2D eigenvalue weighted by atomic mass is 10.0. The minimum atomic E-state index is -0.781. The fourth-order valence-electron chi connectivity index (χ4n) is 1.13. The second-order valence-corrected chi connectivity index (χ2v) is 6.06. The van der Waals surface area contributed by atoms with Gasteiger partial charge in [0.2, 0.25) is 0 Å². The minimum absolute atomic E-state index is 0.286.